The van der Waals surface area contributed by atoms with E-state index in [9.17, 15) is 9.18 Å². The first-order valence-electron chi connectivity index (χ1n) is 11.7. The fourth-order valence-corrected chi connectivity index (χ4v) is 4.91. The minimum absolute atomic E-state index is 0.0192. The van der Waals surface area contributed by atoms with Gasteiger partial charge in [0.05, 0.1) is 17.6 Å². The van der Waals surface area contributed by atoms with Gasteiger partial charge in [-0.15, -0.1) is 0 Å². The molecule has 0 bridgehead atoms. The standard InChI is InChI=1S/C27H31FN2O2/c28-25(19-30)5-3-1-2-4-20-6-12-24(13-7-20)27(31)32-26-16-14-23(15-17-26)22-10-8-21(18-29)9-11-22/h1,3,5,8-11,20,23-24,26H,2,4,6-7,12-17H2. The van der Waals surface area contributed by atoms with Crippen molar-refractivity contribution in [1.82, 2.24) is 0 Å². The molecule has 3 rings (SSSR count). The fourth-order valence-electron chi connectivity index (χ4n) is 4.91. The maximum absolute atomic E-state index is 12.7. The number of benzene rings is 1. The van der Waals surface area contributed by atoms with E-state index in [0.717, 1.165) is 64.2 Å². The number of carbonyl (C=O) groups is 1. The van der Waals surface area contributed by atoms with E-state index in [4.69, 9.17) is 15.3 Å². The molecule has 1 aromatic rings. The highest BCUT2D eigenvalue weighted by atomic mass is 19.1. The third-order valence-electron chi connectivity index (χ3n) is 6.88. The molecule has 4 nitrogen and oxygen atoms in total. The summed E-state index contributed by atoms with van der Waals surface area (Å²) in [5.41, 5.74) is 1.96. The van der Waals surface area contributed by atoms with Crippen LogP contribution >= 0.6 is 0 Å². The Labute approximate surface area is 190 Å². The van der Waals surface area contributed by atoms with Crippen molar-refractivity contribution in [2.45, 2.75) is 76.2 Å². The molecule has 0 radical (unpaired) electrons. The maximum atomic E-state index is 12.7. The summed E-state index contributed by atoms with van der Waals surface area (Å²) in [7, 11) is 0. The molecule has 0 aromatic heterocycles. The second kappa shape index (κ2) is 12.2. The van der Waals surface area contributed by atoms with Crippen molar-refractivity contribution in [3.63, 3.8) is 0 Å². The highest BCUT2D eigenvalue weighted by Crippen LogP contribution is 2.36. The molecule has 168 valence electrons. The molecule has 2 aliphatic carbocycles. The minimum Gasteiger partial charge on any atom is -0.462 e. The average molecular weight is 435 g/mol. The Balaban J connectivity index is 1.34. The first-order chi connectivity index (χ1) is 15.6. The molecule has 0 unspecified atom stereocenters. The average Bonchev–Trinajstić information content (AvgIpc) is 2.84. The van der Waals surface area contributed by atoms with E-state index in [1.807, 2.05) is 30.3 Å². The summed E-state index contributed by atoms with van der Waals surface area (Å²) in [6.07, 6.45) is 14.2. The molecule has 0 aliphatic heterocycles. The third-order valence-corrected chi connectivity index (χ3v) is 6.88. The number of hydrogen-bond acceptors (Lipinski definition) is 4. The van der Waals surface area contributed by atoms with Gasteiger partial charge in [-0.3, -0.25) is 4.79 Å². The Bertz CT molecular complexity index is 891. The molecular formula is C27H31FN2O2. The molecule has 2 aliphatic rings. The van der Waals surface area contributed by atoms with Crippen LogP contribution in [0.3, 0.4) is 0 Å². The number of nitrogens with zero attached hydrogens (tertiary/aromatic N) is 2. The van der Waals surface area contributed by atoms with Gasteiger partial charge in [0.2, 0.25) is 0 Å². The summed E-state index contributed by atoms with van der Waals surface area (Å²) in [6.45, 7) is 0. The number of rotatable bonds is 7. The molecule has 0 heterocycles. The Hall–Kier alpha value is -2.92. The molecular weight excluding hydrogens is 403 g/mol. The predicted octanol–water partition coefficient (Wildman–Crippen LogP) is 6.65. The minimum atomic E-state index is -0.775. The summed E-state index contributed by atoms with van der Waals surface area (Å²) in [5.74, 6) is 0.293. The summed E-state index contributed by atoms with van der Waals surface area (Å²) in [4.78, 5) is 12.7. The van der Waals surface area contributed by atoms with E-state index >= 15 is 0 Å². The Morgan fingerprint density at radius 1 is 1.03 bits per heavy atom. The number of ether oxygens (including phenoxy) is 1. The summed E-state index contributed by atoms with van der Waals surface area (Å²) < 4.78 is 18.6. The van der Waals surface area contributed by atoms with Crippen LogP contribution in [0.5, 0.6) is 0 Å². The van der Waals surface area contributed by atoms with Crippen LogP contribution in [0.2, 0.25) is 0 Å². The number of allylic oxidation sites excluding steroid dienone is 4. The summed E-state index contributed by atoms with van der Waals surface area (Å²) in [5, 5.41) is 17.3. The van der Waals surface area contributed by atoms with Crippen LogP contribution in [0, 0.1) is 34.5 Å². The zero-order chi connectivity index (χ0) is 22.8. The van der Waals surface area contributed by atoms with Crippen LogP contribution < -0.4 is 0 Å². The Kier molecular flexibility index (Phi) is 9.05. The van der Waals surface area contributed by atoms with E-state index in [-0.39, 0.29) is 18.0 Å². The van der Waals surface area contributed by atoms with Gasteiger partial charge in [0, 0.05) is 0 Å². The lowest BCUT2D eigenvalue weighted by molar-refractivity contribution is -0.157. The summed E-state index contributed by atoms with van der Waals surface area (Å²) >= 11 is 0. The van der Waals surface area contributed by atoms with Gasteiger partial charge >= 0.3 is 5.97 Å². The predicted molar refractivity (Wildman–Crippen MR) is 121 cm³/mol. The third kappa shape index (κ3) is 7.06. The van der Waals surface area contributed by atoms with Crippen molar-refractivity contribution in [1.29, 1.82) is 10.5 Å². The van der Waals surface area contributed by atoms with E-state index < -0.39 is 5.83 Å². The van der Waals surface area contributed by atoms with E-state index in [2.05, 4.69) is 6.07 Å². The van der Waals surface area contributed by atoms with Gasteiger partial charge in [-0.2, -0.15) is 14.9 Å². The second-order valence-electron chi connectivity index (χ2n) is 8.99. The van der Waals surface area contributed by atoms with Gasteiger partial charge in [-0.1, -0.05) is 24.3 Å². The van der Waals surface area contributed by atoms with Gasteiger partial charge in [0.25, 0.3) is 0 Å². The second-order valence-corrected chi connectivity index (χ2v) is 8.99. The lowest BCUT2D eigenvalue weighted by atomic mass is 9.79. The summed E-state index contributed by atoms with van der Waals surface area (Å²) in [6, 6.07) is 11.5. The number of halogens is 1. The molecule has 0 atom stereocenters. The van der Waals surface area contributed by atoms with Gasteiger partial charge < -0.3 is 4.74 Å². The largest absolute Gasteiger partial charge is 0.462 e. The van der Waals surface area contributed by atoms with Crippen LogP contribution in [0.4, 0.5) is 4.39 Å². The molecule has 0 saturated heterocycles. The van der Waals surface area contributed by atoms with Crippen LogP contribution in [0.25, 0.3) is 0 Å². The molecule has 32 heavy (non-hydrogen) atoms. The highest BCUT2D eigenvalue weighted by molar-refractivity contribution is 5.72. The number of carbonyl (C=O) groups excluding carboxylic acids is 1. The highest BCUT2D eigenvalue weighted by Gasteiger charge is 2.30. The number of hydrogen-bond donors (Lipinski definition) is 0. The molecule has 0 amide bonds. The Morgan fingerprint density at radius 2 is 1.72 bits per heavy atom. The zero-order valence-corrected chi connectivity index (χ0v) is 18.5. The maximum Gasteiger partial charge on any atom is 0.309 e. The van der Waals surface area contributed by atoms with Crippen molar-refractivity contribution >= 4 is 5.97 Å². The first-order valence-corrected chi connectivity index (χ1v) is 11.7. The molecule has 2 saturated carbocycles. The fraction of sp³-hybridized carbons (Fsp3) is 0.519. The van der Waals surface area contributed by atoms with Crippen molar-refractivity contribution in [3.05, 3.63) is 59.4 Å². The molecule has 2 fully saturated rings. The Morgan fingerprint density at radius 3 is 2.34 bits per heavy atom. The lowest BCUT2D eigenvalue weighted by Gasteiger charge is -2.31. The van der Waals surface area contributed by atoms with Crippen molar-refractivity contribution in [2.24, 2.45) is 11.8 Å². The lowest BCUT2D eigenvalue weighted by Crippen LogP contribution is -2.29. The van der Waals surface area contributed by atoms with Crippen LogP contribution in [-0.2, 0) is 9.53 Å². The monoisotopic (exact) mass is 434 g/mol. The molecule has 5 heteroatoms. The van der Waals surface area contributed by atoms with Gasteiger partial charge in [-0.05, 0) is 99.8 Å². The first kappa shape index (κ1) is 23.7. The van der Waals surface area contributed by atoms with E-state index in [1.54, 1.807) is 6.08 Å². The topological polar surface area (TPSA) is 73.9 Å². The molecule has 1 aromatic carbocycles. The zero-order valence-electron chi connectivity index (χ0n) is 18.5. The number of esters is 1. The van der Waals surface area contributed by atoms with Gasteiger partial charge in [0.15, 0.2) is 5.83 Å². The smallest absolute Gasteiger partial charge is 0.309 e. The van der Waals surface area contributed by atoms with Crippen molar-refractivity contribution < 1.29 is 13.9 Å². The van der Waals surface area contributed by atoms with Crippen LogP contribution in [0.15, 0.2) is 48.3 Å². The van der Waals surface area contributed by atoms with Gasteiger partial charge in [-0.25, -0.2) is 0 Å². The normalized spacial score (nSPS) is 26.3. The van der Waals surface area contributed by atoms with Gasteiger partial charge in [0.1, 0.15) is 12.2 Å². The van der Waals surface area contributed by atoms with Crippen LogP contribution in [0.1, 0.15) is 81.3 Å². The quantitative estimate of drug-likeness (QED) is 0.274. The SMILES string of the molecule is N#CC(F)=CC=CCCC1CCC(C(=O)OC2CCC(c3ccc(C#N)cc3)CC2)CC1. The molecule has 0 spiro atoms. The van der Waals surface area contributed by atoms with E-state index in [1.165, 1.54) is 17.7 Å². The number of nitriles is 2. The van der Waals surface area contributed by atoms with Crippen molar-refractivity contribution in [2.75, 3.05) is 0 Å². The van der Waals surface area contributed by atoms with Crippen molar-refractivity contribution in [3.8, 4) is 12.1 Å². The van der Waals surface area contributed by atoms with Crippen LogP contribution in [-0.4, -0.2) is 12.1 Å². The molecule has 0 N–H and O–H groups in total. The van der Waals surface area contributed by atoms with E-state index in [0.29, 0.717) is 17.4 Å².